The molecular weight excluding hydrogens is 420 g/mol. The van der Waals surface area contributed by atoms with Gasteiger partial charge in [0.25, 0.3) is 5.91 Å². The number of hydrogen-bond donors (Lipinski definition) is 3. The second kappa shape index (κ2) is 9.20. The van der Waals surface area contributed by atoms with Crippen molar-refractivity contribution in [3.63, 3.8) is 0 Å². The average molecular weight is 445 g/mol. The van der Waals surface area contributed by atoms with Gasteiger partial charge in [-0.25, -0.2) is 0 Å². The van der Waals surface area contributed by atoms with E-state index in [1.54, 1.807) is 13.2 Å². The molecule has 4 rings (SSSR count). The topological polar surface area (TPSA) is 79.0 Å². The van der Waals surface area contributed by atoms with Gasteiger partial charge in [-0.1, -0.05) is 36.4 Å². The summed E-state index contributed by atoms with van der Waals surface area (Å²) in [6.07, 6.45) is 0.803. The molecule has 0 aliphatic heterocycles. The van der Waals surface area contributed by atoms with Gasteiger partial charge in [-0.15, -0.1) is 0 Å². The number of hydrogen-bond acceptors (Lipinski definition) is 4. The van der Waals surface area contributed by atoms with Gasteiger partial charge in [0, 0.05) is 23.4 Å². The van der Waals surface area contributed by atoms with Gasteiger partial charge in [0.15, 0.2) is 5.11 Å². The molecule has 6 nitrogen and oxygen atoms in total. The molecule has 0 aliphatic rings. The van der Waals surface area contributed by atoms with Crippen molar-refractivity contribution >= 4 is 39.7 Å². The van der Waals surface area contributed by atoms with Crippen molar-refractivity contribution in [1.82, 2.24) is 15.5 Å². The van der Waals surface area contributed by atoms with Crippen molar-refractivity contribution in [2.45, 2.75) is 20.3 Å². The van der Waals surface area contributed by atoms with Gasteiger partial charge < -0.3 is 10.1 Å². The maximum absolute atomic E-state index is 12.8. The standard InChI is InChI=1S/C25H24N4O2S/c1-15-21(16(2)29-28-15)12-17-8-10-20(11-9-17)26-25(32)27-24(30)22-13-18-6-4-5-7-19(18)14-23(22)31-3/h4-11,13-14H,12H2,1-3H3,(H,28,29)(H2,26,27,30,32). The summed E-state index contributed by atoms with van der Waals surface area (Å²) in [6, 6.07) is 19.4. The normalized spacial score (nSPS) is 10.7. The predicted molar refractivity (Wildman–Crippen MR) is 131 cm³/mol. The molecule has 1 amide bonds. The molecule has 1 aromatic heterocycles. The summed E-state index contributed by atoms with van der Waals surface area (Å²) >= 11 is 5.35. The Kier molecular flexibility index (Phi) is 6.18. The Labute approximate surface area is 192 Å². The fraction of sp³-hybridized carbons (Fsp3) is 0.160. The highest BCUT2D eigenvalue weighted by Gasteiger charge is 2.15. The molecule has 0 spiro atoms. The van der Waals surface area contributed by atoms with E-state index in [1.807, 2.05) is 68.4 Å². The van der Waals surface area contributed by atoms with Gasteiger partial charge >= 0.3 is 0 Å². The van der Waals surface area contributed by atoms with Crippen LogP contribution in [0.2, 0.25) is 0 Å². The molecule has 0 fully saturated rings. The van der Waals surface area contributed by atoms with Crippen LogP contribution in [-0.2, 0) is 6.42 Å². The Hall–Kier alpha value is -3.71. The van der Waals surface area contributed by atoms with Gasteiger partial charge in [0.05, 0.1) is 18.4 Å². The van der Waals surface area contributed by atoms with Crippen molar-refractivity contribution < 1.29 is 9.53 Å². The summed E-state index contributed by atoms with van der Waals surface area (Å²) in [6.45, 7) is 4.03. The number of aromatic nitrogens is 2. The molecule has 0 radical (unpaired) electrons. The number of anilines is 1. The minimum Gasteiger partial charge on any atom is -0.496 e. The number of carbonyl (C=O) groups is 1. The molecule has 0 atom stereocenters. The molecule has 0 bridgehead atoms. The fourth-order valence-electron chi connectivity index (χ4n) is 3.64. The molecule has 162 valence electrons. The van der Waals surface area contributed by atoms with Crippen LogP contribution in [0.25, 0.3) is 10.8 Å². The number of fused-ring (bicyclic) bond motifs is 1. The molecular formula is C25H24N4O2S. The van der Waals surface area contributed by atoms with Crippen molar-refractivity contribution in [3.8, 4) is 5.75 Å². The van der Waals surface area contributed by atoms with E-state index in [-0.39, 0.29) is 11.0 Å². The fourth-order valence-corrected chi connectivity index (χ4v) is 3.85. The molecule has 32 heavy (non-hydrogen) atoms. The number of ether oxygens (including phenoxy) is 1. The summed E-state index contributed by atoms with van der Waals surface area (Å²) in [7, 11) is 1.55. The number of carbonyl (C=O) groups excluding carboxylic acids is 1. The summed E-state index contributed by atoms with van der Waals surface area (Å²) in [5, 5.41) is 15.2. The molecule has 0 saturated heterocycles. The lowest BCUT2D eigenvalue weighted by Crippen LogP contribution is -2.34. The lowest BCUT2D eigenvalue weighted by Gasteiger charge is -2.13. The Balaban J connectivity index is 1.42. The number of benzene rings is 3. The zero-order chi connectivity index (χ0) is 22.7. The summed E-state index contributed by atoms with van der Waals surface area (Å²) in [5.74, 6) is 0.172. The van der Waals surface area contributed by atoms with E-state index in [0.29, 0.717) is 11.3 Å². The van der Waals surface area contributed by atoms with E-state index >= 15 is 0 Å². The van der Waals surface area contributed by atoms with E-state index in [4.69, 9.17) is 17.0 Å². The second-order valence-corrected chi connectivity index (χ2v) is 8.00. The van der Waals surface area contributed by atoms with Gasteiger partial charge in [0.1, 0.15) is 5.75 Å². The second-order valence-electron chi connectivity index (χ2n) is 7.59. The zero-order valence-corrected chi connectivity index (χ0v) is 19.0. The van der Waals surface area contributed by atoms with E-state index < -0.39 is 0 Å². The highest BCUT2D eigenvalue weighted by molar-refractivity contribution is 7.80. The number of H-pyrrole nitrogens is 1. The van der Waals surface area contributed by atoms with E-state index in [1.165, 1.54) is 11.1 Å². The molecule has 1 heterocycles. The van der Waals surface area contributed by atoms with E-state index in [9.17, 15) is 4.79 Å². The SMILES string of the molecule is COc1cc2ccccc2cc1C(=O)NC(=S)Nc1ccc(Cc2c(C)n[nH]c2C)cc1. The minimum atomic E-state index is -0.326. The number of amides is 1. The third-order valence-electron chi connectivity index (χ3n) is 5.41. The smallest absolute Gasteiger partial charge is 0.261 e. The third-order valence-corrected chi connectivity index (χ3v) is 5.62. The summed E-state index contributed by atoms with van der Waals surface area (Å²) in [5.41, 5.74) is 5.69. The van der Waals surface area contributed by atoms with Crippen molar-refractivity contribution in [2.24, 2.45) is 0 Å². The van der Waals surface area contributed by atoms with Gasteiger partial charge in [-0.05, 0) is 66.7 Å². The third kappa shape index (κ3) is 4.63. The lowest BCUT2D eigenvalue weighted by molar-refractivity contribution is 0.0975. The highest BCUT2D eigenvalue weighted by Crippen LogP contribution is 2.26. The summed E-state index contributed by atoms with van der Waals surface area (Å²) < 4.78 is 5.42. The highest BCUT2D eigenvalue weighted by atomic mass is 32.1. The zero-order valence-electron chi connectivity index (χ0n) is 18.2. The first-order valence-corrected chi connectivity index (χ1v) is 10.6. The van der Waals surface area contributed by atoms with E-state index in [0.717, 1.165) is 34.3 Å². The first kappa shape index (κ1) is 21.5. The maximum atomic E-state index is 12.8. The first-order chi connectivity index (χ1) is 15.4. The first-order valence-electron chi connectivity index (χ1n) is 10.2. The Morgan fingerprint density at radius 3 is 2.38 bits per heavy atom. The number of aromatic amines is 1. The van der Waals surface area contributed by atoms with Crippen LogP contribution in [0.15, 0.2) is 60.7 Å². The minimum absolute atomic E-state index is 0.222. The number of rotatable bonds is 5. The number of nitrogens with zero attached hydrogens (tertiary/aromatic N) is 1. The summed E-state index contributed by atoms with van der Waals surface area (Å²) in [4.78, 5) is 12.8. The molecule has 7 heteroatoms. The molecule has 0 saturated carbocycles. The number of thiocarbonyl (C=S) groups is 1. The van der Waals surface area contributed by atoms with Crippen LogP contribution in [0.5, 0.6) is 5.75 Å². The molecule has 4 aromatic rings. The van der Waals surface area contributed by atoms with Crippen LogP contribution in [0, 0.1) is 13.8 Å². The molecule has 0 unspecified atom stereocenters. The van der Waals surface area contributed by atoms with Crippen LogP contribution in [0.4, 0.5) is 5.69 Å². The molecule has 0 aliphatic carbocycles. The predicted octanol–water partition coefficient (Wildman–Crippen LogP) is 4.91. The van der Waals surface area contributed by atoms with Gasteiger partial charge in [-0.3, -0.25) is 15.2 Å². The van der Waals surface area contributed by atoms with Crippen LogP contribution < -0.4 is 15.4 Å². The number of methoxy groups -OCH3 is 1. The van der Waals surface area contributed by atoms with E-state index in [2.05, 4.69) is 20.8 Å². The Morgan fingerprint density at radius 2 is 1.75 bits per heavy atom. The Morgan fingerprint density at radius 1 is 1.06 bits per heavy atom. The number of aryl methyl sites for hydroxylation is 2. The van der Waals surface area contributed by atoms with Crippen LogP contribution >= 0.6 is 12.2 Å². The van der Waals surface area contributed by atoms with Crippen LogP contribution in [0.1, 0.15) is 32.9 Å². The van der Waals surface area contributed by atoms with Gasteiger partial charge in [-0.2, -0.15) is 5.10 Å². The van der Waals surface area contributed by atoms with Crippen LogP contribution in [-0.4, -0.2) is 28.3 Å². The largest absolute Gasteiger partial charge is 0.496 e. The average Bonchev–Trinajstić information content (AvgIpc) is 3.11. The van der Waals surface area contributed by atoms with Gasteiger partial charge in [0.2, 0.25) is 0 Å². The van der Waals surface area contributed by atoms with Crippen molar-refractivity contribution in [1.29, 1.82) is 0 Å². The van der Waals surface area contributed by atoms with Crippen molar-refractivity contribution in [3.05, 3.63) is 88.7 Å². The Bertz CT molecular complexity index is 1280. The maximum Gasteiger partial charge on any atom is 0.261 e. The van der Waals surface area contributed by atoms with Crippen molar-refractivity contribution in [2.75, 3.05) is 12.4 Å². The quantitative estimate of drug-likeness (QED) is 0.381. The molecule has 3 aromatic carbocycles. The lowest BCUT2D eigenvalue weighted by atomic mass is 10.0. The monoisotopic (exact) mass is 444 g/mol. The molecule has 3 N–H and O–H groups in total. The number of nitrogens with one attached hydrogen (secondary N) is 3. The van der Waals surface area contributed by atoms with Crippen LogP contribution in [0.3, 0.4) is 0 Å².